The van der Waals surface area contributed by atoms with Crippen LogP contribution >= 0.6 is 11.6 Å². The molecule has 0 radical (unpaired) electrons. The highest BCUT2D eigenvalue weighted by Gasteiger charge is 2.23. The zero-order valence-electron chi connectivity index (χ0n) is 15.6. The number of carbonyl (C=O) groups excluding carboxylic acids is 3. The van der Waals surface area contributed by atoms with Gasteiger partial charge in [0.05, 0.1) is 4.92 Å². The molecule has 1 N–H and O–H groups in total. The van der Waals surface area contributed by atoms with Gasteiger partial charge in [-0.15, -0.1) is 0 Å². The van der Waals surface area contributed by atoms with Gasteiger partial charge in [-0.1, -0.05) is 29.8 Å². The van der Waals surface area contributed by atoms with Crippen molar-refractivity contribution < 1.29 is 24.0 Å². The number of amides is 2. The lowest BCUT2D eigenvalue weighted by Gasteiger charge is -2.21. The second-order valence-corrected chi connectivity index (χ2v) is 6.38. The van der Waals surface area contributed by atoms with E-state index in [1.165, 1.54) is 24.0 Å². The normalized spacial score (nSPS) is 11.3. The van der Waals surface area contributed by atoms with Gasteiger partial charge in [0.15, 0.2) is 6.10 Å². The molecule has 0 aromatic heterocycles. The third-order valence-electron chi connectivity index (χ3n) is 3.93. The van der Waals surface area contributed by atoms with E-state index in [9.17, 15) is 24.5 Å². The minimum absolute atomic E-state index is 0.0400. The quantitative estimate of drug-likeness (QED) is 0.418. The Morgan fingerprint density at radius 1 is 1.21 bits per heavy atom. The molecule has 9 nitrogen and oxygen atoms in total. The summed E-state index contributed by atoms with van der Waals surface area (Å²) < 4.78 is 5.05. The molecule has 0 heterocycles. The third-order valence-corrected chi connectivity index (χ3v) is 4.25. The lowest BCUT2D eigenvalue weighted by molar-refractivity contribution is -0.384. The number of likely N-dealkylation sites (N-methyl/N-ethyl adjacent to an activating group) is 1. The van der Waals surface area contributed by atoms with E-state index in [4.69, 9.17) is 16.3 Å². The van der Waals surface area contributed by atoms with Crippen LogP contribution in [0.25, 0.3) is 0 Å². The Morgan fingerprint density at radius 3 is 2.48 bits per heavy atom. The number of rotatable bonds is 7. The molecular weight excluding hydrogens is 402 g/mol. The first-order chi connectivity index (χ1) is 13.7. The maximum absolute atomic E-state index is 12.4. The Labute approximate surface area is 171 Å². The van der Waals surface area contributed by atoms with Crippen LogP contribution in [0.5, 0.6) is 0 Å². The minimum Gasteiger partial charge on any atom is -0.451 e. The second kappa shape index (κ2) is 9.65. The average molecular weight is 420 g/mol. The van der Waals surface area contributed by atoms with Gasteiger partial charge >= 0.3 is 5.97 Å². The largest absolute Gasteiger partial charge is 0.451 e. The standard InChI is InChI=1S/C19H18ClN3O6/c1-12(19(26)22(2)14-6-4-3-5-7-14)29-17(24)11-21-18(25)13-8-9-15(20)16(10-13)23(27)28/h3-10,12H,11H2,1-2H3,(H,21,25). The summed E-state index contributed by atoms with van der Waals surface area (Å²) in [5.41, 5.74) is 0.171. The molecule has 1 unspecified atom stereocenters. The number of benzene rings is 2. The van der Waals surface area contributed by atoms with Crippen molar-refractivity contribution in [2.24, 2.45) is 0 Å². The number of nitrogens with zero attached hydrogens (tertiary/aromatic N) is 2. The van der Waals surface area contributed by atoms with Crippen molar-refractivity contribution in [2.75, 3.05) is 18.5 Å². The van der Waals surface area contributed by atoms with Crippen molar-refractivity contribution in [3.05, 3.63) is 69.2 Å². The number of anilines is 1. The predicted octanol–water partition coefficient (Wildman–Crippen LogP) is 2.57. The summed E-state index contributed by atoms with van der Waals surface area (Å²) in [4.78, 5) is 47.9. The fourth-order valence-electron chi connectivity index (χ4n) is 2.39. The zero-order valence-corrected chi connectivity index (χ0v) is 16.4. The van der Waals surface area contributed by atoms with E-state index in [2.05, 4.69) is 5.32 Å². The van der Waals surface area contributed by atoms with Gasteiger partial charge in [-0.05, 0) is 31.2 Å². The van der Waals surface area contributed by atoms with Gasteiger partial charge in [-0.25, -0.2) is 0 Å². The van der Waals surface area contributed by atoms with Crippen LogP contribution in [-0.4, -0.2) is 42.4 Å². The molecule has 1 atom stereocenters. The topological polar surface area (TPSA) is 119 Å². The number of ether oxygens (including phenoxy) is 1. The SMILES string of the molecule is CC(OC(=O)CNC(=O)c1ccc(Cl)c([N+](=O)[O-])c1)C(=O)N(C)c1ccccc1. The molecule has 0 fully saturated rings. The van der Waals surface area contributed by atoms with Crippen molar-refractivity contribution in [1.82, 2.24) is 5.32 Å². The van der Waals surface area contributed by atoms with Crippen LogP contribution in [0.2, 0.25) is 5.02 Å². The fourth-order valence-corrected chi connectivity index (χ4v) is 2.58. The van der Waals surface area contributed by atoms with Crippen molar-refractivity contribution in [3.8, 4) is 0 Å². The lowest BCUT2D eigenvalue weighted by atomic mass is 10.2. The average Bonchev–Trinajstić information content (AvgIpc) is 2.71. The zero-order chi connectivity index (χ0) is 21.6. The molecule has 0 saturated heterocycles. The Hall–Kier alpha value is -3.46. The summed E-state index contributed by atoms with van der Waals surface area (Å²) >= 11 is 5.70. The highest BCUT2D eigenvalue weighted by atomic mass is 35.5. The smallest absolute Gasteiger partial charge is 0.326 e. The molecule has 0 spiro atoms. The summed E-state index contributed by atoms with van der Waals surface area (Å²) in [6.45, 7) is 0.909. The van der Waals surface area contributed by atoms with Crippen LogP contribution in [-0.2, 0) is 14.3 Å². The number of para-hydroxylation sites is 1. The van der Waals surface area contributed by atoms with E-state index in [0.29, 0.717) is 5.69 Å². The summed E-state index contributed by atoms with van der Waals surface area (Å²) in [6.07, 6.45) is -1.07. The Bertz CT molecular complexity index is 935. The van der Waals surface area contributed by atoms with E-state index >= 15 is 0 Å². The molecule has 2 amide bonds. The van der Waals surface area contributed by atoms with Gasteiger partial charge in [0, 0.05) is 24.4 Å². The molecule has 0 saturated carbocycles. The van der Waals surface area contributed by atoms with Crippen LogP contribution in [0.4, 0.5) is 11.4 Å². The molecule has 0 aliphatic heterocycles. The Balaban J connectivity index is 1.90. The van der Waals surface area contributed by atoms with E-state index in [-0.39, 0.29) is 10.6 Å². The first-order valence-corrected chi connectivity index (χ1v) is 8.82. The van der Waals surface area contributed by atoms with Crippen molar-refractivity contribution in [3.63, 3.8) is 0 Å². The molecule has 0 bridgehead atoms. The third kappa shape index (κ3) is 5.76. The van der Waals surface area contributed by atoms with Gasteiger partial charge in [-0.3, -0.25) is 24.5 Å². The molecule has 2 rings (SSSR count). The van der Waals surface area contributed by atoms with E-state index in [0.717, 1.165) is 6.07 Å². The Morgan fingerprint density at radius 2 is 1.86 bits per heavy atom. The summed E-state index contributed by atoms with van der Waals surface area (Å²) in [5, 5.41) is 13.1. The molecule has 2 aromatic carbocycles. The molecule has 152 valence electrons. The predicted molar refractivity (Wildman–Crippen MR) is 106 cm³/mol. The highest BCUT2D eigenvalue weighted by molar-refractivity contribution is 6.32. The monoisotopic (exact) mass is 419 g/mol. The number of esters is 1. The molecule has 0 aliphatic carbocycles. The highest BCUT2D eigenvalue weighted by Crippen LogP contribution is 2.25. The lowest BCUT2D eigenvalue weighted by Crippen LogP contribution is -2.39. The van der Waals surface area contributed by atoms with Gasteiger partial charge in [0.2, 0.25) is 0 Å². The van der Waals surface area contributed by atoms with Gasteiger partial charge in [0.25, 0.3) is 17.5 Å². The maximum Gasteiger partial charge on any atom is 0.326 e. The van der Waals surface area contributed by atoms with Crippen molar-refractivity contribution in [2.45, 2.75) is 13.0 Å². The van der Waals surface area contributed by atoms with E-state index in [1.54, 1.807) is 31.3 Å². The van der Waals surface area contributed by atoms with Crippen LogP contribution in [0.15, 0.2) is 48.5 Å². The van der Waals surface area contributed by atoms with Crippen LogP contribution in [0.3, 0.4) is 0 Å². The number of nitro groups is 1. The number of halogens is 1. The number of carbonyl (C=O) groups is 3. The molecule has 29 heavy (non-hydrogen) atoms. The minimum atomic E-state index is -1.07. The van der Waals surface area contributed by atoms with Crippen molar-refractivity contribution >= 4 is 40.8 Å². The first kappa shape index (κ1) is 21.8. The fraction of sp³-hybridized carbons (Fsp3) is 0.211. The second-order valence-electron chi connectivity index (χ2n) is 5.97. The van der Waals surface area contributed by atoms with Crippen molar-refractivity contribution in [1.29, 1.82) is 0 Å². The number of hydrogen-bond acceptors (Lipinski definition) is 6. The Kier molecular flexibility index (Phi) is 7.27. The molecular formula is C19H18ClN3O6. The first-order valence-electron chi connectivity index (χ1n) is 8.45. The summed E-state index contributed by atoms with van der Waals surface area (Å²) in [7, 11) is 1.55. The summed E-state index contributed by atoms with van der Waals surface area (Å²) in [6, 6.07) is 12.3. The maximum atomic E-state index is 12.4. The van der Waals surface area contributed by atoms with Crippen LogP contribution < -0.4 is 10.2 Å². The summed E-state index contributed by atoms with van der Waals surface area (Å²) in [5.74, 6) is -1.99. The number of hydrogen-bond donors (Lipinski definition) is 1. The van der Waals surface area contributed by atoms with Crippen LogP contribution in [0.1, 0.15) is 17.3 Å². The number of nitrogens with one attached hydrogen (secondary N) is 1. The van der Waals surface area contributed by atoms with Gasteiger partial charge in [-0.2, -0.15) is 0 Å². The molecule has 0 aliphatic rings. The molecule has 2 aromatic rings. The van der Waals surface area contributed by atoms with E-state index in [1.807, 2.05) is 6.07 Å². The number of nitro benzene ring substituents is 1. The van der Waals surface area contributed by atoms with Gasteiger partial charge < -0.3 is 15.0 Å². The van der Waals surface area contributed by atoms with Gasteiger partial charge in [0.1, 0.15) is 11.6 Å². The molecule has 10 heteroatoms. The van der Waals surface area contributed by atoms with Crippen LogP contribution in [0, 0.1) is 10.1 Å². The van der Waals surface area contributed by atoms with E-state index < -0.39 is 41.0 Å².